The Morgan fingerprint density at radius 3 is 1.89 bits per heavy atom. The lowest BCUT2D eigenvalue weighted by molar-refractivity contribution is -0.318. The van der Waals surface area contributed by atoms with Crippen molar-refractivity contribution < 1.29 is 58.5 Å². The topological polar surface area (TPSA) is 178 Å². The zero-order valence-electron chi connectivity index (χ0n) is 43.4. The molecule has 0 amide bonds. The lowest BCUT2D eigenvalue weighted by Gasteiger charge is -2.50. The predicted molar refractivity (Wildman–Crippen MR) is 252 cm³/mol. The lowest BCUT2D eigenvalue weighted by Crippen LogP contribution is -2.61. The van der Waals surface area contributed by atoms with Gasteiger partial charge in [0.25, 0.3) is 0 Å². The number of ether oxygens (including phenoxy) is 6. The Labute approximate surface area is 391 Å². The molecular weight excluding hydrogens is 833 g/mol. The Hall–Kier alpha value is -2.08. The maximum Gasteiger partial charge on any atom is 0.185 e. The summed E-state index contributed by atoms with van der Waals surface area (Å²) in [5.41, 5.74) is 3.58. The second-order valence-corrected chi connectivity index (χ2v) is 21.1. The third-order valence-corrected chi connectivity index (χ3v) is 16.5. The van der Waals surface area contributed by atoms with Gasteiger partial charge in [-0.15, -0.1) is 0 Å². The number of aliphatic hydroxyl groups is 4. The van der Waals surface area contributed by atoms with Gasteiger partial charge in [-0.05, 0) is 135 Å². The fourth-order valence-corrected chi connectivity index (χ4v) is 11.2. The minimum Gasteiger partial charge on any atom is -0.391 e. The number of carbonyl (C=O) groups excluding carboxylic acids is 1. The van der Waals surface area contributed by atoms with Crippen LogP contribution in [0.5, 0.6) is 0 Å². The molecule has 2 heterocycles. The van der Waals surface area contributed by atoms with Gasteiger partial charge < -0.3 is 58.6 Å². The van der Waals surface area contributed by atoms with E-state index in [-0.39, 0.29) is 43.8 Å². The monoisotopic (exact) mass is 921 g/mol. The van der Waals surface area contributed by atoms with Crippen molar-refractivity contribution in [3.05, 3.63) is 33.4 Å². The Morgan fingerprint density at radius 1 is 0.785 bits per heavy atom. The van der Waals surface area contributed by atoms with Gasteiger partial charge in [-0.1, -0.05) is 46.2 Å². The van der Waals surface area contributed by atoms with Gasteiger partial charge in [-0.2, -0.15) is 0 Å². The number of nitrogens with zero attached hydrogens (tertiary/aromatic N) is 2. The summed E-state index contributed by atoms with van der Waals surface area (Å²) in [6.07, 6.45) is -6.54. The Balaban J connectivity index is 1.93. The highest BCUT2D eigenvalue weighted by molar-refractivity contribution is 5.89. The first-order valence-corrected chi connectivity index (χ1v) is 24.0. The zero-order valence-corrected chi connectivity index (χ0v) is 43.4. The van der Waals surface area contributed by atoms with Gasteiger partial charge in [-0.3, -0.25) is 4.79 Å². The van der Waals surface area contributed by atoms with Crippen molar-refractivity contribution in [3.8, 4) is 0 Å². The largest absolute Gasteiger partial charge is 0.391 e. The van der Waals surface area contributed by atoms with E-state index < -0.39 is 95.6 Å². The van der Waals surface area contributed by atoms with Gasteiger partial charge in [0, 0.05) is 56.8 Å². The van der Waals surface area contributed by atoms with Gasteiger partial charge in [0.1, 0.15) is 24.6 Å². The number of rotatable bonds is 11. The molecule has 0 aromatic heterocycles. The van der Waals surface area contributed by atoms with Crippen molar-refractivity contribution >= 4 is 11.5 Å². The van der Waals surface area contributed by atoms with Gasteiger partial charge in [0.05, 0.1) is 53.0 Å². The van der Waals surface area contributed by atoms with Crippen LogP contribution in [0.25, 0.3) is 0 Å². The summed E-state index contributed by atoms with van der Waals surface area (Å²) in [4.78, 5) is 23.1. The molecule has 1 aromatic rings. The van der Waals surface area contributed by atoms with Crippen molar-refractivity contribution in [2.75, 3.05) is 28.3 Å². The third-order valence-electron chi connectivity index (χ3n) is 16.5. The third kappa shape index (κ3) is 11.7. The van der Waals surface area contributed by atoms with Crippen molar-refractivity contribution in [2.24, 2.45) is 34.7 Å². The maximum absolute atomic E-state index is 14.8. The van der Waals surface area contributed by atoms with Crippen LogP contribution < -0.4 is 0 Å². The van der Waals surface area contributed by atoms with E-state index >= 15 is 0 Å². The normalized spacial score (nSPS) is 42.3. The van der Waals surface area contributed by atoms with E-state index in [1.807, 2.05) is 74.4 Å². The van der Waals surface area contributed by atoms with Gasteiger partial charge >= 0.3 is 0 Å². The van der Waals surface area contributed by atoms with Gasteiger partial charge in [0.15, 0.2) is 12.6 Å². The fourth-order valence-electron chi connectivity index (χ4n) is 11.2. The van der Waals surface area contributed by atoms with E-state index in [4.69, 9.17) is 38.4 Å². The molecule has 18 atom stereocenters. The summed E-state index contributed by atoms with van der Waals surface area (Å²) < 4.78 is 39.2. The zero-order chi connectivity index (χ0) is 49.3. The molecule has 4 rings (SSSR count). The molecule has 65 heavy (non-hydrogen) atoms. The van der Waals surface area contributed by atoms with Crippen LogP contribution in [0.1, 0.15) is 135 Å². The van der Waals surface area contributed by atoms with Crippen LogP contribution in [-0.4, -0.2) is 143 Å². The second kappa shape index (κ2) is 22.1. The van der Waals surface area contributed by atoms with Crippen LogP contribution in [0.4, 0.5) is 0 Å². The smallest absolute Gasteiger partial charge is 0.185 e. The van der Waals surface area contributed by atoms with Gasteiger partial charge in [-0.25, -0.2) is 0 Å². The van der Waals surface area contributed by atoms with Crippen LogP contribution in [0.3, 0.4) is 0 Å². The molecule has 0 spiro atoms. The SMILES string of the molecule is CC[C@H]1CC(=O)[C@H](C)[C@@H](O[C@H]2C[C@@](C)(OC)[C@@H](O)[C@H](C)O2)[C@H](C)[C@@H](O[C@@H]2O[C@H](C)C[C@H](N(C)C)[C@H]2O)[C@](C)(OC)C[C@@H](C)/C(=N\OCc2c(C)c(C)c(C)c(C)c2C)[C@H](C)[C@@H](O)[C@]1(C)O. The minimum absolute atomic E-state index is 0.0553. The number of methoxy groups -OCH3 is 2. The molecule has 1 saturated carbocycles. The van der Waals surface area contributed by atoms with Crippen molar-refractivity contribution in [2.45, 2.75) is 221 Å². The molecule has 0 unspecified atom stereocenters. The Morgan fingerprint density at radius 2 is 1.35 bits per heavy atom. The van der Waals surface area contributed by atoms with E-state index in [1.165, 1.54) is 16.7 Å². The molecule has 1 aliphatic carbocycles. The first kappa shape index (κ1) is 55.5. The number of likely N-dealkylation sites (N-methyl/N-ethyl adjacent to an activating group) is 1. The minimum atomic E-state index is -1.71. The average Bonchev–Trinajstić information content (AvgIpc) is 3.25. The molecule has 14 heteroatoms. The standard InChI is InChI=1S/C51H88N2O12/c1-20-37-22-40(54)33(9)44(64-41-24-49(13,59-18)46(57)36(12)63-41)35(11)47(65-48-43(55)39(53(16)17)21-27(3)62-48)50(14,60-19)23-26(2)42(34(10)45(56)51(37,15)58)52-61-25-38-31(7)29(5)28(4)30(6)32(38)8/h26-27,33-37,39,41,43-48,55-58H,20-25H2,1-19H3/b52-42+/t26-,27-,33+,34+,35+,36+,37+,39+,41+,43-,44-,45-,46+,47-,48+,49-,50-,51-/m1/s1. The number of hydrogen-bond acceptors (Lipinski definition) is 14. The Bertz CT molecular complexity index is 1760. The van der Waals surface area contributed by atoms with E-state index in [1.54, 1.807) is 28.1 Å². The summed E-state index contributed by atoms with van der Waals surface area (Å²) in [5, 5.41) is 52.5. The molecule has 0 bridgehead atoms. The maximum atomic E-state index is 14.8. The number of aliphatic hydroxyl groups excluding tert-OH is 3. The number of hydrogen-bond donors (Lipinski definition) is 4. The van der Waals surface area contributed by atoms with Crippen LogP contribution in [0.2, 0.25) is 0 Å². The van der Waals surface area contributed by atoms with Crippen LogP contribution >= 0.6 is 0 Å². The summed E-state index contributed by atoms with van der Waals surface area (Å²) in [6.45, 7) is 29.3. The van der Waals surface area contributed by atoms with E-state index in [0.717, 1.165) is 16.7 Å². The van der Waals surface area contributed by atoms with Crippen molar-refractivity contribution in [1.82, 2.24) is 4.90 Å². The number of oxime groups is 1. The number of carbonyl (C=O) groups is 1. The molecule has 2 saturated heterocycles. The van der Waals surface area contributed by atoms with Gasteiger partial charge in [0.2, 0.25) is 0 Å². The first-order valence-electron chi connectivity index (χ1n) is 24.0. The quantitative estimate of drug-likeness (QED) is 0.174. The second-order valence-electron chi connectivity index (χ2n) is 21.1. The number of benzene rings is 1. The summed E-state index contributed by atoms with van der Waals surface area (Å²) in [6, 6.07) is -0.265. The fraction of sp³-hybridized carbons (Fsp3) is 0.843. The molecule has 0 radical (unpaired) electrons. The average molecular weight is 921 g/mol. The molecule has 3 fully saturated rings. The molecule has 14 nitrogen and oxygen atoms in total. The number of ketones is 1. The summed E-state index contributed by atoms with van der Waals surface area (Å²) in [7, 11) is 7.00. The highest BCUT2D eigenvalue weighted by Gasteiger charge is 2.53. The molecule has 1 aromatic carbocycles. The van der Waals surface area contributed by atoms with Crippen molar-refractivity contribution in [1.29, 1.82) is 0 Å². The van der Waals surface area contributed by atoms with Crippen LogP contribution in [0.15, 0.2) is 5.16 Å². The van der Waals surface area contributed by atoms with Crippen LogP contribution in [-0.2, 0) is 44.7 Å². The highest BCUT2D eigenvalue weighted by Crippen LogP contribution is 2.43. The molecule has 4 N–H and O–H groups in total. The first-order chi connectivity index (χ1) is 30.1. The number of Topliss-reactive ketones (excluding diaryl/α,β-unsaturated/α-hetero) is 1. The molecule has 2 aliphatic heterocycles. The van der Waals surface area contributed by atoms with E-state index in [9.17, 15) is 25.2 Å². The predicted octanol–water partition coefficient (Wildman–Crippen LogP) is 6.65. The van der Waals surface area contributed by atoms with Crippen molar-refractivity contribution in [3.63, 3.8) is 0 Å². The molecular formula is C51H88N2O12. The summed E-state index contributed by atoms with van der Waals surface area (Å²) >= 11 is 0. The summed E-state index contributed by atoms with van der Waals surface area (Å²) in [5.74, 6) is -3.38. The highest BCUT2D eigenvalue weighted by atomic mass is 16.7. The Kier molecular flexibility index (Phi) is 18.9. The molecule has 374 valence electrons. The van der Waals surface area contributed by atoms with E-state index in [2.05, 4.69) is 34.6 Å². The van der Waals surface area contributed by atoms with Crippen LogP contribution in [0, 0.1) is 64.2 Å². The molecule has 3 aliphatic rings. The lowest BCUT2D eigenvalue weighted by atomic mass is 9.69. The van der Waals surface area contributed by atoms with E-state index in [0.29, 0.717) is 18.6 Å².